The van der Waals surface area contributed by atoms with Crippen LogP contribution < -0.4 is 10.9 Å². The first-order valence-electron chi connectivity index (χ1n) is 12.1. The highest BCUT2D eigenvalue weighted by molar-refractivity contribution is 7.92. The zero-order valence-electron chi connectivity index (χ0n) is 20.1. The van der Waals surface area contributed by atoms with Crippen LogP contribution in [0, 0.1) is 0 Å². The summed E-state index contributed by atoms with van der Waals surface area (Å²) in [6, 6.07) is 6.64. The van der Waals surface area contributed by atoms with Gasteiger partial charge in [-0.05, 0) is 30.5 Å². The molecule has 0 aliphatic carbocycles. The summed E-state index contributed by atoms with van der Waals surface area (Å²) in [5.41, 5.74) is 0.810. The van der Waals surface area contributed by atoms with Crippen LogP contribution in [0.5, 0.6) is 0 Å². The van der Waals surface area contributed by atoms with E-state index in [9.17, 15) is 21.6 Å². The van der Waals surface area contributed by atoms with E-state index >= 15 is 0 Å². The van der Waals surface area contributed by atoms with Crippen molar-refractivity contribution in [2.24, 2.45) is 0 Å². The molecule has 0 spiro atoms. The van der Waals surface area contributed by atoms with Crippen molar-refractivity contribution in [2.45, 2.75) is 34.9 Å². The van der Waals surface area contributed by atoms with E-state index in [0.29, 0.717) is 32.0 Å². The minimum atomic E-state index is -3.65. The van der Waals surface area contributed by atoms with Gasteiger partial charge in [0.15, 0.2) is 9.84 Å². The summed E-state index contributed by atoms with van der Waals surface area (Å²) < 4.78 is 63.8. The van der Waals surface area contributed by atoms with E-state index in [4.69, 9.17) is 21.1 Å². The topological polar surface area (TPSA) is 137 Å². The summed E-state index contributed by atoms with van der Waals surface area (Å²) in [6.07, 6.45) is 2.21. The van der Waals surface area contributed by atoms with Crippen molar-refractivity contribution in [2.75, 3.05) is 57.1 Å². The molecular weight excluding hydrogens is 544 g/mol. The maximum atomic E-state index is 13.1. The van der Waals surface area contributed by atoms with Crippen LogP contribution in [-0.2, 0) is 29.3 Å². The van der Waals surface area contributed by atoms with Gasteiger partial charge in [-0.2, -0.15) is 9.40 Å². The molecule has 1 N–H and O–H groups in total. The van der Waals surface area contributed by atoms with E-state index in [1.807, 2.05) is 12.1 Å². The van der Waals surface area contributed by atoms with Crippen molar-refractivity contribution < 1.29 is 26.3 Å². The van der Waals surface area contributed by atoms with E-state index in [0.717, 1.165) is 5.56 Å². The first-order valence-corrected chi connectivity index (χ1v) is 15.7. The minimum absolute atomic E-state index is 0.0391. The van der Waals surface area contributed by atoms with E-state index < -0.39 is 30.7 Å². The molecule has 11 nitrogen and oxygen atoms in total. The van der Waals surface area contributed by atoms with E-state index in [2.05, 4.69) is 10.4 Å². The third kappa shape index (κ3) is 5.43. The molecule has 3 aliphatic heterocycles. The molecule has 2 aromatic rings. The Hall–Kier alpha value is -2.03. The number of nitrogens with zero attached hydrogens (tertiary/aromatic N) is 3. The second-order valence-electron chi connectivity index (χ2n) is 9.51. The number of nitrogens with one attached hydrogen (secondary N) is 1. The van der Waals surface area contributed by atoms with Crippen molar-refractivity contribution in [1.82, 2.24) is 14.1 Å². The molecule has 1 unspecified atom stereocenters. The van der Waals surface area contributed by atoms with Crippen LogP contribution in [0.2, 0.25) is 5.02 Å². The zero-order valence-corrected chi connectivity index (χ0v) is 22.5. The van der Waals surface area contributed by atoms with Gasteiger partial charge in [-0.3, -0.25) is 4.79 Å². The molecule has 0 bridgehead atoms. The highest BCUT2D eigenvalue weighted by Gasteiger charge is 2.32. The SMILES string of the molecule is O=c1c(Cl)c(NCC2COCCS2(=O)=O)cnn1C1CCN(S(=O)(=O)c2ccc(C3COC3)cc2)CC1. The van der Waals surface area contributed by atoms with Gasteiger partial charge in [-0.1, -0.05) is 23.7 Å². The Bertz CT molecular complexity index is 1400. The van der Waals surface area contributed by atoms with Crippen LogP contribution in [0.4, 0.5) is 5.69 Å². The number of aromatic nitrogens is 2. The smallest absolute Gasteiger partial charge is 0.287 e. The summed E-state index contributed by atoms with van der Waals surface area (Å²) in [5.74, 6) is 0.281. The molecule has 202 valence electrons. The van der Waals surface area contributed by atoms with Gasteiger partial charge in [0, 0.05) is 25.6 Å². The quantitative estimate of drug-likeness (QED) is 0.520. The molecule has 3 fully saturated rings. The van der Waals surface area contributed by atoms with Crippen molar-refractivity contribution in [3.05, 3.63) is 51.4 Å². The van der Waals surface area contributed by atoms with Crippen LogP contribution in [0.25, 0.3) is 0 Å². The number of hydrogen-bond donors (Lipinski definition) is 1. The van der Waals surface area contributed by atoms with E-state index in [1.54, 1.807) is 12.1 Å². The number of piperidine rings is 1. The summed E-state index contributed by atoms with van der Waals surface area (Å²) >= 11 is 6.31. The van der Waals surface area contributed by atoms with Crippen molar-refractivity contribution >= 4 is 37.1 Å². The molecule has 14 heteroatoms. The van der Waals surface area contributed by atoms with Crippen molar-refractivity contribution in [1.29, 1.82) is 0 Å². The Labute approximate surface area is 220 Å². The molecular formula is C23H29ClN4O7S2. The Kier molecular flexibility index (Phi) is 7.63. The summed E-state index contributed by atoms with van der Waals surface area (Å²) in [4.78, 5) is 13.2. The molecule has 1 aromatic carbocycles. The molecule has 1 aromatic heterocycles. The Morgan fingerprint density at radius 2 is 1.78 bits per heavy atom. The number of anilines is 1. The maximum Gasteiger partial charge on any atom is 0.287 e. The van der Waals surface area contributed by atoms with Gasteiger partial charge < -0.3 is 14.8 Å². The van der Waals surface area contributed by atoms with Gasteiger partial charge in [0.2, 0.25) is 10.0 Å². The summed E-state index contributed by atoms with van der Waals surface area (Å²) in [5, 5.41) is 6.34. The van der Waals surface area contributed by atoms with Crippen LogP contribution in [-0.4, -0.2) is 88.0 Å². The highest BCUT2D eigenvalue weighted by atomic mass is 35.5. The maximum absolute atomic E-state index is 13.1. The average molecular weight is 573 g/mol. The number of benzene rings is 1. The van der Waals surface area contributed by atoms with Gasteiger partial charge in [-0.15, -0.1) is 0 Å². The molecule has 5 rings (SSSR count). The molecule has 1 atom stereocenters. The fourth-order valence-electron chi connectivity index (χ4n) is 4.71. The molecule has 4 heterocycles. The van der Waals surface area contributed by atoms with Crippen LogP contribution in [0.1, 0.15) is 30.4 Å². The van der Waals surface area contributed by atoms with Crippen LogP contribution in [0.3, 0.4) is 0 Å². The first-order chi connectivity index (χ1) is 17.7. The second kappa shape index (κ2) is 10.6. The third-order valence-electron chi connectivity index (χ3n) is 7.18. The number of ether oxygens (including phenoxy) is 2. The lowest BCUT2D eigenvalue weighted by Crippen LogP contribution is -2.42. The Balaban J connectivity index is 1.22. The Morgan fingerprint density at radius 1 is 1.08 bits per heavy atom. The number of hydrogen-bond acceptors (Lipinski definition) is 9. The molecule has 3 saturated heterocycles. The van der Waals surface area contributed by atoms with Crippen molar-refractivity contribution in [3.63, 3.8) is 0 Å². The molecule has 0 radical (unpaired) electrons. The molecule has 0 saturated carbocycles. The predicted molar refractivity (Wildman–Crippen MR) is 137 cm³/mol. The summed E-state index contributed by atoms with van der Waals surface area (Å²) in [6.45, 7) is 2.13. The minimum Gasteiger partial charge on any atom is -0.381 e. The zero-order chi connectivity index (χ0) is 26.2. The van der Waals surface area contributed by atoms with Gasteiger partial charge in [0.05, 0.1) is 55.0 Å². The lowest BCUT2D eigenvalue weighted by atomic mass is 9.98. The standard InChI is InChI=1S/C23H29ClN4O7S2/c24-22-21(25-11-20-15-34-9-10-36(20,30)31)12-26-28(23(22)29)18-5-7-27(8-6-18)37(32,33)19-3-1-16(2-4-19)17-13-35-14-17/h1-4,12,17-18,20,25H,5-11,13-15H2. The molecule has 37 heavy (non-hydrogen) atoms. The number of sulfonamides is 1. The van der Waals surface area contributed by atoms with Crippen LogP contribution >= 0.6 is 11.6 Å². The first kappa shape index (κ1) is 26.6. The molecule has 3 aliphatic rings. The van der Waals surface area contributed by atoms with Gasteiger partial charge >= 0.3 is 0 Å². The predicted octanol–water partition coefficient (Wildman–Crippen LogP) is 1.26. The summed E-state index contributed by atoms with van der Waals surface area (Å²) in [7, 11) is -6.93. The molecule has 0 amide bonds. The highest BCUT2D eigenvalue weighted by Crippen LogP contribution is 2.29. The van der Waals surface area contributed by atoms with Gasteiger partial charge in [-0.25, -0.2) is 21.5 Å². The van der Waals surface area contributed by atoms with Gasteiger partial charge in [0.25, 0.3) is 5.56 Å². The lowest BCUT2D eigenvalue weighted by molar-refractivity contribution is 0.00840. The van der Waals surface area contributed by atoms with Crippen LogP contribution in [0.15, 0.2) is 40.2 Å². The fraction of sp³-hybridized carbons (Fsp3) is 0.565. The second-order valence-corrected chi connectivity index (χ2v) is 14.2. The Morgan fingerprint density at radius 3 is 2.41 bits per heavy atom. The fourth-order valence-corrected chi connectivity index (χ4v) is 7.71. The number of sulfone groups is 1. The monoisotopic (exact) mass is 572 g/mol. The van der Waals surface area contributed by atoms with Crippen molar-refractivity contribution in [3.8, 4) is 0 Å². The third-order valence-corrected chi connectivity index (χ3v) is 11.5. The largest absolute Gasteiger partial charge is 0.381 e. The number of rotatable bonds is 7. The average Bonchev–Trinajstić information content (AvgIpc) is 2.85. The lowest BCUT2D eigenvalue weighted by Gasteiger charge is -2.32. The van der Waals surface area contributed by atoms with E-state index in [1.165, 1.54) is 15.2 Å². The van der Waals surface area contributed by atoms with Gasteiger partial charge in [0.1, 0.15) is 10.3 Å². The normalized spacial score (nSPS) is 23.4. The number of halogens is 1. The van der Waals surface area contributed by atoms with E-state index in [-0.39, 0.29) is 60.2 Å².